The van der Waals surface area contributed by atoms with Gasteiger partial charge in [0.25, 0.3) is 10.0 Å². The molecule has 5 N–H and O–H groups in total. The number of halogens is 1. The summed E-state index contributed by atoms with van der Waals surface area (Å²) < 4.78 is 48.2. The van der Waals surface area contributed by atoms with Crippen LogP contribution in [0.5, 0.6) is 11.5 Å². The number of fused-ring (bicyclic) bond motifs is 1. The van der Waals surface area contributed by atoms with Crippen molar-refractivity contribution < 1.29 is 42.1 Å². The maximum atomic E-state index is 13.2. The van der Waals surface area contributed by atoms with Gasteiger partial charge in [0.2, 0.25) is 10.2 Å². The number of carboxylic acids is 1. The number of aliphatic hydroxyl groups excluding tert-OH is 1. The van der Waals surface area contributed by atoms with E-state index in [4.69, 9.17) is 14.6 Å². The number of hydrogen-bond donors (Lipinski definition) is 4. The first-order chi connectivity index (χ1) is 21.5. The summed E-state index contributed by atoms with van der Waals surface area (Å²) in [5.41, 5.74) is 1.63. The van der Waals surface area contributed by atoms with Gasteiger partial charge in [-0.3, -0.25) is 4.79 Å². The lowest BCUT2D eigenvalue weighted by atomic mass is 10.1. The summed E-state index contributed by atoms with van der Waals surface area (Å²) in [5, 5.41) is 34.7. The standard InChI is InChI=1S/C27H31FN6O8S3/c1-16(43-15-17-3-2-4-19(11-17)41-10-8-28)24(26(37)38)31-25(36)22(7-9-35)34-13-18(32-33-34)14-42-20-5-6-21-23(12-20)44-27(30-21)45(29,39)40/h2-6,11-13,16,22,24,35H,7-10,14-15H2,1H3,(H,31,36)(H,37,38)(H2,29,39,40)/t16?,22-,24?/m0/s1. The van der Waals surface area contributed by atoms with Crippen molar-refractivity contribution in [3.8, 4) is 11.5 Å². The van der Waals surface area contributed by atoms with Gasteiger partial charge in [0.15, 0.2) is 0 Å². The van der Waals surface area contributed by atoms with E-state index in [-0.39, 0.29) is 30.6 Å². The van der Waals surface area contributed by atoms with Gasteiger partial charge < -0.3 is 25.0 Å². The van der Waals surface area contributed by atoms with E-state index in [0.717, 1.165) is 16.9 Å². The summed E-state index contributed by atoms with van der Waals surface area (Å²) in [6.07, 6.45) is 1.40. The lowest BCUT2D eigenvalue weighted by molar-refractivity contribution is -0.142. The molecule has 0 radical (unpaired) electrons. The number of carboxylic acid groups (broad SMARTS) is 1. The van der Waals surface area contributed by atoms with Gasteiger partial charge >= 0.3 is 5.97 Å². The maximum Gasteiger partial charge on any atom is 0.327 e. The number of nitrogens with zero attached hydrogens (tertiary/aromatic N) is 4. The number of sulfonamides is 1. The fourth-order valence-electron chi connectivity index (χ4n) is 4.12. The maximum absolute atomic E-state index is 13.2. The van der Waals surface area contributed by atoms with Crippen molar-refractivity contribution in [1.29, 1.82) is 0 Å². The Morgan fingerprint density at radius 3 is 2.69 bits per heavy atom. The minimum absolute atomic E-state index is 0.0503. The van der Waals surface area contributed by atoms with E-state index >= 15 is 0 Å². The molecule has 0 fully saturated rings. The normalized spacial score (nSPS) is 13.7. The number of alkyl halides is 1. The van der Waals surface area contributed by atoms with Crippen LogP contribution >= 0.6 is 23.1 Å². The predicted molar refractivity (Wildman–Crippen MR) is 164 cm³/mol. The number of carbonyl (C=O) groups excluding carboxylic acids is 1. The molecule has 0 aliphatic heterocycles. The molecule has 4 aromatic rings. The Kier molecular flexibility index (Phi) is 11.7. The second-order valence-corrected chi connectivity index (χ2v) is 13.8. The van der Waals surface area contributed by atoms with Gasteiger partial charge in [-0.15, -0.1) is 16.4 Å². The zero-order valence-corrected chi connectivity index (χ0v) is 26.4. The number of carbonyl (C=O) groups is 2. The molecule has 0 bridgehead atoms. The molecule has 14 nitrogen and oxygen atoms in total. The van der Waals surface area contributed by atoms with E-state index in [1.54, 1.807) is 43.3 Å². The lowest BCUT2D eigenvalue weighted by Gasteiger charge is -2.24. The predicted octanol–water partition coefficient (Wildman–Crippen LogP) is 2.28. The molecule has 0 saturated carbocycles. The number of rotatable bonds is 17. The van der Waals surface area contributed by atoms with E-state index in [0.29, 0.717) is 33.2 Å². The molecule has 0 spiro atoms. The molecule has 0 saturated heterocycles. The Hall–Kier alpha value is -3.84. The number of nitrogens with two attached hydrogens (primary N) is 1. The van der Waals surface area contributed by atoms with Gasteiger partial charge in [0.05, 0.1) is 16.4 Å². The first-order valence-electron chi connectivity index (χ1n) is 13.5. The first kappa shape index (κ1) is 34.0. The molecule has 242 valence electrons. The molecule has 18 heteroatoms. The molecule has 2 unspecified atom stereocenters. The Morgan fingerprint density at radius 1 is 1.20 bits per heavy atom. The Morgan fingerprint density at radius 2 is 1.98 bits per heavy atom. The Labute approximate surface area is 265 Å². The van der Waals surface area contributed by atoms with E-state index in [9.17, 15) is 32.6 Å². The zero-order valence-electron chi connectivity index (χ0n) is 23.9. The van der Waals surface area contributed by atoms with Crippen LogP contribution in [0, 0.1) is 0 Å². The minimum Gasteiger partial charge on any atom is -0.491 e. The minimum atomic E-state index is -3.94. The number of aliphatic carboxylic acids is 1. The third-order valence-electron chi connectivity index (χ3n) is 6.34. The molecule has 2 heterocycles. The van der Waals surface area contributed by atoms with Crippen LogP contribution in [-0.2, 0) is 32.0 Å². The highest BCUT2D eigenvalue weighted by atomic mass is 32.2. The Bertz CT molecular complexity index is 1730. The number of hydrogen-bond acceptors (Lipinski definition) is 12. The fourth-order valence-corrected chi connectivity index (χ4v) is 6.82. The quantitative estimate of drug-likeness (QED) is 0.126. The van der Waals surface area contributed by atoms with Crippen molar-refractivity contribution >= 4 is 55.2 Å². The van der Waals surface area contributed by atoms with Crippen LogP contribution in [0.4, 0.5) is 4.39 Å². The zero-order chi connectivity index (χ0) is 32.6. The van der Waals surface area contributed by atoms with Crippen LogP contribution in [0.2, 0.25) is 0 Å². The number of benzene rings is 2. The molecule has 2 aromatic carbocycles. The van der Waals surface area contributed by atoms with Crippen molar-refractivity contribution in [2.75, 3.05) is 19.9 Å². The van der Waals surface area contributed by atoms with Crippen LogP contribution in [0.1, 0.15) is 30.6 Å². The third-order valence-corrected chi connectivity index (χ3v) is 9.98. The third kappa shape index (κ3) is 9.33. The van der Waals surface area contributed by atoms with Gasteiger partial charge in [-0.05, 0) is 35.9 Å². The van der Waals surface area contributed by atoms with Gasteiger partial charge in [0.1, 0.15) is 49.2 Å². The van der Waals surface area contributed by atoms with Gasteiger partial charge in [-0.2, -0.15) is 11.8 Å². The van der Waals surface area contributed by atoms with E-state index in [1.807, 2.05) is 6.07 Å². The molecule has 0 aliphatic carbocycles. The number of primary sulfonamides is 1. The summed E-state index contributed by atoms with van der Waals surface area (Å²) in [6, 6.07) is 9.53. The number of thiazole rings is 1. The molecular weight excluding hydrogens is 652 g/mol. The number of thioether (sulfide) groups is 1. The molecule has 3 atom stereocenters. The number of nitrogens with one attached hydrogen (secondary N) is 1. The SMILES string of the molecule is CC(SCc1cccc(OCCF)c1)C(NC(=O)[C@H](CCO)n1cc(COc2ccc3nc(S(N)(=O)=O)sc3c2)nn1)C(=O)O. The highest BCUT2D eigenvalue weighted by Gasteiger charge is 2.31. The number of ether oxygens (including phenoxy) is 2. The fraction of sp³-hybridized carbons (Fsp3) is 0.370. The van der Waals surface area contributed by atoms with Crippen LogP contribution in [-0.4, -0.2) is 81.7 Å². The van der Waals surface area contributed by atoms with Gasteiger partial charge in [0, 0.05) is 24.0 Å². The van der Waals surface area contributed by atoms with E-state index in [1.165, 1.54) is 22.6 Å². The van der Waals surface area contributed by atoms with Crippen molar-refractivity contribution in [3.05, 3.63) is 59.9 Å². The highest BCUT2D eigenvalue weighted by Crippen LogP contribution is 2.29. The summed E-state index contributed by atoms with van der Waals surface area (Å²) in [5.74, 6) is -0.563. The van der Waals surface area contributed by atoms with E-state index in [2.05, 4.69) is 20.6 Å². The summed E-state index contributed by atoms with van der Waals surface area (Å²) >= 11 is 2.21. The largest absolute Gasteiger partial charge is 0.491 e. The van der Waals surface area contributed by atoms with Crippen LogP contribution < -0.4 is 19.9 Å². The van der Waals surface area contributed by atoms with Crippen molar-refractivity contribution in [3.63, 3.8) is 0 Å². The van der Waals surface area contributed by atoms with Crippen LogP contribution in [0.25, 0.3) is 10.2 Å². The second-order valence-electron chi connectivity index (χ2n) is 9.69. The lowest BCUT2D eigenvalue weighted by Crippen LogP contribution is -2.49. The monoisotopic (exact) mass is 682 g/mol. The first-order valence-corrected chi connectivity index (χ1v) is 16.9. The molecule has 0 aliphatic rings. The number of amides is 1. The Balaban J connectivity index is 1.38. The molecule has 45 heavy (non-hydrogen) atoms. The van der Waals surface area contributed by atoms with E-state index < -0.39 is 45.9 Å². The van der Waals surface area contributed by atoms with Crippen molar-refractivity contribution in [2.24, 2.45) is 5.14 Å². The van der Waals surface area contributed by atoms with Crippen LogP contribution in [0.15, 0.2) is 53.0 Å². The average Bonchev–Trinajstić information content (AvgIpc) is 3.66. The van der Waals surface area contributed by atoms with Crippen molar-refractivity contribution in [2.45, 2.75) is 47.4 Å². The highest BCUT2D eigenvalue weighted by molar-refractivity contribution is 7.99. The summed E-state index contributed by atoms with van der Waals surface area (Å²) in [4.78, 5) is 29.3. The topological polar surface area (TPSA) is 209 Å². The smallest absolute Gasteiger partial charge is 0.327 e. The second kappa shape index (κ2) is 15.4. The summed E-state index contributed by atoms with van der Waals surface area (Å²) in [6.45, 7) is 0.576. The molecule has 4 rings (SSSR count). The van der Waals surface area contributed by atoms with Crippen LogP contribution in [0.3, 0.4) is 0 Å². The molecule has 2 aromatic heterocycles. The average molecular weight is 683 g/mol. The van der Waals surface area contributed by atoms with Crippen molar-refractivity contribution in [1.82, 2.24) is 25.3 Å². The molecular formula is C27H31FN6O8S3. The number of aliphatic hydroxyl groups is 1. The van der Waals surface area contributed by atoms with Gasteiger partial charge in [-0.1, -0.05) is 24.3 Å². The van der Waals surface area contributed by atoms with Gasteiger partial charge in [-0.25, -0.2) is 32.4 Å². The number of aromatic nitrogens is 4. The summed E-state index contributed by atoms with van der Waals surface area (Å²) in [7, 11) is -3.94. The molecule has 1 amide bonds.